The molecule has 0 aromatic heterocycles. The average molecular weight is 259 g/mol. The molecule has 6 heteroatoms. The van der Waals surface area contributed by atoms with Crippen molar-refractivity contribution in [2.75, 3.05) is 5.32 Å². The minimum Gasteiger partial charge on any atom is -0.507 e. The van der Waals surface area contributed by atoms with Crippen LogP contribution in [0.25, 0.3) is 0 Å². The van der Waals surface area contributed by atoms with Gasteiger partial charge in [0.2, 0.25) is 0 Å². The Morgan fingerprint density at radius 3 is 2.50 bits per heavy atom. The van der Waals surface area contributed by atoms with Gasteiger partial charge < -0.3 is 9.84 Å². The zero-order valence-electron chi connectivity index (χ0n) is 10.3. The van der Waals surface area contributed by atoms with E-state index in [0.29, 0.717) is 0 Å². The van der Waals surface area contributed by atoms with Crippen LogP contribution in [0.5, 0.6) is 5.75 Å². The molecule has 2 N–H and O–H groups in total. The molecule has 1 aromatic carbocycles. The number of hydrogen-bond donors (Lipinski definition) is 2. The van der Waals surface area contributed by atoms with E-state index in [1.54, 1.807) is 20.8 Å². The van der Waals surface area contributed by atoms with Crippen molar-refractivity contribution in [3.05, 3.63) is 23.8 Å². The Bertz CT molecular complexity index is 441. The van der Waals surface area contributed by atoms with Crippen LogP contribution in [0.3, 0.4) is 0 Å². The van der Waals surface area contributed by atoms with E-state index in [-0.39, 0.29) is 5.69 Å². The van der Waals surface area contributed by atoms with E-state index in [4.69, 9.17) is 4.74 Å². The Morgan fingerprint density at radius 1 is 1.39 bits per heavy atom. The number of aromatic hydroxyl groups is 1. The molecule has 0 aliphatic carbocycles. The topological polar surface area (TPSA) is 58.6 Å². The summed E-state index contributed by atoms with van der Waals surface area (Å²) in [6.45, 7) is 5.07. The number of alkyl halides is 2. The van der Waals surface area contributed by atoms with Crippen molar-refractivity contribution in [1.82, 2.24) is 0 Å². The van der Waals surface area contributed by atoms with Crippen LogP contribution in [0.2, 0.25) is 0 Å². The maximum atomic E-state index is 12.5. The Labute approximate surface area is 104 Å². The molecule has 0 bridgehead atoms. The summed E-state index contributed by atoms with van der Waals surface area (Å²) in [6.07, 6.45) is -3.56. The summed E-state index contributed by atoms with van der Waals surface area (Å²) < 4.78 is 30.0. The fraction of sp³-hybridized carbons (Fsp3) is 0.417. The third-order valence-electron chi connectivity index (χ3n) is 1.91. The van der Waals surface area contributed by atoms with Gasteiger partial charge in [-0.2, -0.15) is 0 Å². The molecule has 0 saturated carbocycles. The fourth-order valence-electron chi connectivity index (χ4n) is 1.23. The van der Waals surface area contributed by atoms with E-state index in [2.05, 4.69) is 5.32 Å². The van der Waals surface area contributed by atoms with Crippen molar-refractivity contribution in [3.63, 3.8) is 0 Å². The minimum atomic E-state index is -2.81. The van der Waals surface area contributed by atoms with Crippen molar-refractivity contribution in [2.45, 2.75) is 32.8 Å². The molecule has 0 unspecified atom stereocenters. The van der Waals surface area contributed by atoms with Gasteiger partial charge >= 0.3 is 6.09 Å². The Morgan fingerprint density at radius 2 is 2.00 bits per heavy atom. The quantitative estimate of drug-likeness (QED) is 0.796. The maximum absolute atomic E-state index is 12.5. The number of rotatable bonds is 2. The lowest BCUT2D eigenvalue weighted by molar-refractivity contribution is 0.0635. The van der Waals surface area contributed by atoms with Crippen LogP contribution in [-0.2, 0) is 4.74 Å². The number of ether oxygens (including phenoxy) is 1. The number of amides is 1. The lowest BCUT2D eigenvalue weighted by Gasteiger charge is -2.19. The Balaban J connectivity index is 2.80. The van der Waals surface area contributed by atoms with Crippen LogP contribution in [0.4, 0.5) is 19.3 Å². The van der Waals surface area contributed by atoms with E-state index >= 15 is 0 Å². The van der Waals surface area contributed by atoms with E-state index in [1.807, 2.05) is 0 Å². The molecule has 0 spiro atoms. The average Bonchev–Trinajstić information content (AvgIpc) is 2.17. The zero-order valence-corrected chi connectivity index (χ0v) is 10.3. The number of benzene rings is 1. The molecular weight excluding hydrogens is 244 g/mol. The second kappa shape index (κ2) is 5.20. The highest BCUT2D eigenvalue weighted by Gasteiger charge is 2.18. The molecule has 0 aliphatic rings. The first-order chi connectivity index (χ1) is 8.19. The second-order valence-electron chi connectivity index (χ2n) is 4.70. The first-order valence-corrected chi connectivity index (χ1v) is 5.30. The van der Waals surface area contributed by atoms with Gasteiger partial charge in [0.25, 0.3) is 6.43 Å². The van der Waals surface area contributed by atoms with Crippen molar-refractivity contribution in [1.29, 1.82) is 0 Å². The number of phenols is 1. The van der Waals surface area contributed by atoms with E-state index < -0.39 is 29.4 Å². The SMILES string of the molecule is CC(C)(C)OC(=O)Nc1ccc(O)c(C(F)F)c1. The highest BCUT2D eigenvalue weighted by molar-refractivity contribution is 5.85. The van der Waals surface area contributed by atoms with Gasteiger partial charge in [-0.1, -0.05) is 0 Å². The molecule has 1 amide bonds. The van der Waals surface area contributed by atoms with Crippen molar-refractivity contribution < 1.29 is 23.4 Å². The molecule has 0 radical (unpaired) electrons. The monoisotopic (exact) mass is 259 g/mol. The summed E-state index contributed by atoms with van der Waals surface area (Å²) in [5.74, 6) is -0.514. The summed E-state index contributed by atoms with van der Waals surface area (Å²) in [5, 5.41) is 11.5. The van der Waals surface area contributed by atoms with Crippen LogP contribution in [0, 0.1) is 0 Å². The van der Waals surface area contributed by atoms with Gasteiger partial charge in [0.05, 0.1) is 5.56 Å². The van der Waals surface area contributed by atoms with Crippen LogP contribution < -0.4 is 5.32 Å². The number of halogens is 2. The van der Waals surface area contributed by atoms with Crippen LogP contribution in [0.15, 0.2) is 18.2 Å². The van der Waals surface area contributed by atoms with Gasteiger partial charge in [-0.25, -0.2) is 13.6 Å². The molecular formula is C12H15F2NO3. The predicted molar refractivity (Wildman–Crippen MR) is 62.9 cm³/mol. The standard InChI is InChI=1S/C12H15F2NO3/c1-12(2,3)18-11(17)15-7-4-5-9(16)8(6-7)10(13)14/h4-6,10,16H,1-3H3,(H,15,17). The molecule has 0 aliphatic heterocycles. The number of phenolic OH excluding ortho intramolecular Hbond substituents is 1. The molecule has 18 heavy (non-hydrogen) atoms. The number of carbonyl (C=O) groups excluding carboxylic acids is 1. The van der Waals surface area contributed by atoms with E-state index in [1.165, 1.54) is 6.07 Å². The zero-order chi connectivity index (χ0) is 13.9. The second-order valence-corrected chi connectivity index (χ2v) is 4.70. The molecule has 0 atom stereocenters. The van der Waals surface area contributed by atoms with Gasteiger partial charge in [-0.3, -0.25) is 5.32 Å². The minimum absolute atomic E-state index is 0.136. The summed E-state index contributed by atoms with van der Waals surface area (Å²) in [4.78, 5) is 11.4. The number of anilines is 1. The summed E-state index contributed by atoms with van der Waals surface area (Å²) in [5.41, 5.74) is -1.08. The van der Waals surface area contributed by atoms with Gasteiger partial charge in [0.1, 0.15) is 11.4 Å². The van der Waals surface area contributed by atoms with Gasteiger partial charge in [-0.05, 0) is 39.0 Å². The van der Waals surface area contributed by atoms with Crippen LogP contribution >= 0.6 is 0 Å². The molecule has 1 aromatic rings. The van der Waals surface area contributed by atoms with Crippen molar-refractivity contribution >= 4 is 11.8 Å². The van der Waals surface area contributed by atoms with E-state index in [0.717, 1.165) is 12.1 Å². The lowest BCUT2D eigenvalue weighted by Crippen LogP contribution is -2.27. The highest BCUT2D eigenvalue weighted by atomic mass is 19.3. The molecule has 4 nitrogen and oxygen atoms in total. The molecule has 0 heterocycles. The third-order valence-corrected chi connectivity index (χ3v) is 1.91. The van der Waals surface area contributed by atoms with Crippen LogP contribution in [-0.4, -0.2) is 16.8 Å². The first-order valence-electron chi connectivity index (χ1n) is 5.30. The van der Waals surface area contributed by atoms with E-state index in [9.17, 15) is 18.7 Å². The normalized spacial score (nSPS) is 11.4. The summed E-state index contributed by atoms with van der Waals surface area (Å²) in [6, 6.07) is 3.41. The predicted octanol–water partition coefficient (Wildman–Crippen LogP) is 3.68. The number of hydrogen-bond acceptors (Lipinski definition) is 3. The molecule has 1 rings (SSSR count). The smallest absolute Gasteiger partial charge is 0.412 e. The third kappa shape index (κ3) is 4.20. The number of nitrogens with one attached hydrogen (secondary N) is 1. The van der Waals surface area contributed by atoms with Gasteiger partial charge in [-0.15, -0.1) is 0 Å². The van der Waals surface area contributed by atoms with Crippen molar-refractivity contribution in [2.24, 2.45) is 0 Å². The highest BCUT2D eigenvalue weighted by Crippen LogP contribution is 2.30. The Kier molecular flexibility index (Phi) is 4.11. The molecule has 0 fully saturated rings. The van der Waals surface area contributed by atoms with Crippen molar-refractivity contribution in [3.8, 4) is 5.75 Å². The summed E-state index contributed by atoms with van der Waals surface area (Å²) >= 11 is 0. The number of carbonyl (C=O) groups is 1. The fourth-order valence-corrected chi connectivity index (χ4v) is 1.23. The van der Waals surface area contributed by atoms with Crippen LogP contribution in [0.1, 0.15) is 32.8 Å². The molecule has 0 saturated heterocycles. The first kappa shape index (κ1) is 14.2. The van der Waals surface area contributed by atoms with Gasteiger partial charge in [0, 0.05) is 5.69 Å². The lowest BCUT2D eigenvalue weighted by atomic mass is 10.2. The maximum Gasteiger partial charge on any atom is 0.412 e. The summed E-state index contributed by atoms with van der Waals surface area (Å²) in [7, 11) is 0. The molecule has 100 valence electrons. The Hall–Kier alpha value is -1.85. The largest absolute Gasteiger partial charge is 0.507 e. The van der Waals surface area contributed by atoms with Gasteiger partial charge in [0.15, 0.2) is 0 Å².